The largest absolute Gasteiger partial charge is 0.497 e. The van der Waals surface area contributed by atoms with Crippen LogP contribution in [0.3, 0.4) is 0 Å². The predicted molar refractivity (Wildman–Crippen MR) is 113 cm³/mol. The Kier molecular flexibility index (Phi) is 4.51. The van der Waals surface area contributed by atoms with Crippen molar-refractivity contribution in [1.29, 1.82) is 0 Å². The fraction of sp³-hybridized carbons (Fsp3) is 0.190. The molecule has 1 N–H and O–H groups in total. The van der Waals surface area contributed by atoms with Gasteiger partial charge in [-0.05, 0) is 30.5 Å². The van der Waals surface area contributed by atoms with Gasteiger partial charge in [-0.3, -0.25) is 4.79 Å². The molecule has 0 saturated heterocycles. The molecule has 5 rings (SSSR count). The minimum atomic E-state index is -0.0565. The topological polar surface area (TPSA) is 94.8 Å². The van der Waals surface area contributed by atoms with E-state index in [1.54, 1.807) is 29.3 Å². The van der Waals surface area contributed by atoms with E-state index in [1.807, 2.05) is 42.6 Å². The van der Waals surface area contributed by atoms with E-state index in [-0.39, 0.29) is 11.8 Å². The Morgan fingerprint density at radius 2 is 2.17 bits per heavy atom. The number of ether oxygens (including phenoxy) is 1. The lowest BCUT2D eigenvalue weighted by molar-refractivity contribution is -0.116. The van der Waals surface area contributed by atoms with Gasteiger partial charge < -0.3 is 10.1 Å². The van der Waals surface area contributed by atoms with Gasteiger partial charge in [-0.1, -0.05) is 18.2 Å². The summed E-state index contributed by atoms with van der Waals surface area (Å²) >= 11 is 1.64. The summed E-state index contributed by atoms with van der Waals surface area (Å²) in [6.45, 7) is 1.94. The van der Waals surface area contributed by atoms with Crippen molar-refractivity contribution in [1.82, 2.24) is 25.0 Å². The first-order chi connectivity index (χ1) is 14.6. The van der Waals surface area contributed by atoms with E-state index >= 15 is 0 Å². The van der Waals surface area contributed by atoms with Crippen LogP contribution in [0.5, 0.6) is 5.75 Å². The summed E-state index contributed by atoms with van der Waals surface area (Å²) in [7, 11) is 1.62. The quantitative estimate of drug-likeness (QED) is 0.544. The summed E-state index contributed by atoms with van der Waals surface area (Å²) in [6.07, 6.45) is 1.98. The number of methoxy groups -OCH3 is 1. The number of nitrogens with zero attached hydrogens (tertiary/aromatic N) is 5. The van der Waals surface area contributed by atoms with Crippen molar-refractivity contribution in [3.63, 3.8) is 0 Å². The van der Waals surface area contributed by atoms with Crippen LogP contribution < -0.4 is 10.1 Å². The maximum Gasteiger partial charge on any atom is 0.272 e. The molecule has 4 aromatic rings. The number of aryl methyl sites for hydroxylation is 1. The molecular weight excluding hydrogens is 400 g/mol. The average molecular weight is 418 g/mol. The van der Waals surface area contributed by atoms with Crippen molar-refractivity contribution in [2.24, 2.45) is 0 Å². The molecule has 30 heavy (non-hydrogen) atoms. The van der Waals surface area contributed by atoms with Gasteiger partial charge in [-0.15, -0.1) is 16.4 Å². The molecule has 1 aliphatic rings. The molecule has 0 spiro atoms. The summed E-state index contributed by atoms with van der Waals surface area (Å²) in [6, 6.07) is 11.6. The zero-order valence-electron chi connectivity index (χ0n) is 16.4. The average Bonchev–Trinajstić information content (AvgIpc) is 3.42. The molecule has 0 bridgehead atoms. The second-order valence-corrected chi connectivity index (χ2v) is 7.93. The first-order valence-electron chi connectivity index (χ1n) is 9.41. The van der Waals surface area contributed by atoms with Crippen LogP contribution in [0.25, 0.3) is 17.2 Å². The number of fused-ring (bicyclic) bond motifs is 1. The smallest absolute Gasteiger partial charge is 0.272 e. The number of carbonyl (C=O) groups is 1. The number of thiophene rings is 1. The molecule has 1 aliphatic heterocycles. The fourth-order valence-electron chi connectivity index (χ4n) is 3.73. The first-order valence-corrected chi connectivity index (χ1v) is 10.3. The van der Waals surface area contributed by atoms with Gasteiger partial charge in [-0.25, -0.2) is 4.98 Å². The summed E-state index contributed by atoms with van der Waals surface area (Å²) in [5.41, 5.74) is 3.31. The fourth-order valence-corrected chi connectivity index (χ4v) is 4.57. The molecule has 8 nitrogen and oxygen atoms in total. The Bertz CT molecular complexity index is 1230. The van der Waals surface area contributed by atoms with Gasteiger partial charge in [0, 0.05) is 28.3 Å². The summed E-state index contributed by atoms with van der Waals surface area (Å²) in [5.74, 6) is 1.54. The zero-order chi connectivity index (χ0) is 20.7. The van der Waals surface area contributed by atoms with Crippen LogP contribution in [-0.2, 0) is 4.79 Å². The number of benzene rings is 1. The van der Waals surface area contributed by atoms with Crippen molar-refractivity contribution < 1.29 is 9.53 Å². The number of rotatable bonds is 4. The lowest BCUT2D eigenvalue weighted by atomic mass is 9.91. The molecular formula is C21H18N6O2S. The van der Waals surface area contributed by atoms with Crippen LogP contribution in [0.1, 0.15) is 28.5 Å². The SMILES string of the molecule is COc1cccc(-c2cnnc(-n3nc(C)c4c3NC(=O)C[C@H]4c3cccs3)n2)c1. The molecule has 0 unspecified atom stereocenters. The second kappa shape index (κ2) is 7.34. The van der Waals surface area contributed by atoms with Gasteiger partial charge in [0.25, 0.3) is 5.95 Å². The maximum absolute atomic E-state index is 12.5. The van der Waals surface area contributed by atoms with Crippen LogP contribution in [0.2, 0.25) is 0 Å². The van der Waals surface area contributed by atoms with Crippen LogP contribution in [0, 0.1) is 6.92 Å². The van der Waals surface area contributed by atoms with Gasteiger partial charge in [0.2, 0.25) is 5.91 Å². The molecule has 1 amide bonds. The predicted octanol–water partition coefficient (Wildman–Crippen LogP) is 3.58. The number of hydrogen-bond acceptors (Lipinski definition) is 7. The normalized spacial score (nSPS) is 15.5. The molecule has 1 aromatic carbocycles. The number of nitrogens with one attached hydrogen (secondary N) is 1. The molecule has 3 aromatic heterocycles. The highest BCUT2D eigenvalue weighted by atomic mass is 32.1. The van der Waals surface area contributed by atoms with Crippen LogP contribution in [-0.4, -0.2) is 38.0 Å². The lowest BCUT2D eigenvalue weighted by Crippen LogP contribution is -2.25. The monoisotopic (exact) mass is 418 g/mol. The number of aromatic nitrogens is 5. The van der Waals surface area contributed by atoms with Crippen LogP contribution in [0.4, 0.5) is 5.82 Å². The third kappa shape index (κ3) is 3.13. The Morgan fingerprint density at radius 1 is 1.27 bits per heavy atom. The number of hydrogen-bond donors (Lipinski definition) is 1. The molecule has 1 atom stereocenters. The number of carbonyl (C=O) groups excluding carboxylic acids is 1. The summed E-state index contributed by atoms with van der Waals surface area (Å²) < 4.78 is 6.87. The van der Waals surface area contributed by atoms with Crippen molar-refractivity contribution in [2.75, 3.05) is 12.4 Å². The van der Waals surface area contributed by atoms with Crippen molar-refractivity contribution >= 4 is 23.1 Å². The Hall–Kier alpha value is -3.59. The molecule has 4 heterocycles. The highest BCUT2D eigenvalue weighted by Gasteiger charge is 2.33. The Morgan fingerprint density at radius 3 is 2.97 bits per heavy atom. The number of amides is 1. The molecule has 0 aliphatic carbocycles. The molecule has 0 saturated carbocycles. The van der Waals surface area contributed by atoms with E-state index in [4.69, 9.17) is 4.74 Å². The lowest BCUT2D eigenvalue weighted by Gasteiger charge is -2.22. The van der Waals surface area contributed by atoms with E-state index in [0.717, 1.165) is 27.4 Å². The third-order valence-electron chi connectivity index (χ3n) is 5.09. The van der Waals surface area contributed by atoms with Gasteiger partial charge >= 0.3 is 0 Å². The van der Waals surface area contributed by atoms with Crippen molar-refractivity contribution in [3.8, 4) is 23.0 Å². The van der Waals surface area contributed by atoms with E-state index in [0.29, 0.717) is 23.9 Å². The Balaban J connectivity index is 1.61. The minimum absolute atomic E-state index is 0.0305. The van der Waals surface area contributed by atoms with Gasteiger partial charge in [0.15, 0.2) is 0 Å². The summed E-state index contributed by atoms with van der Waals surface area (Å²) in [5, 5.41) is 17.9. The van der Waals surface area contributed by atoms with Crippen molar-refractivity contribution in [2.45, 2.75) is 19.3 Å². The van der Waals surface area contributed by atoms with E-state index in [2.05, 4.69) is 31.7 Å². The van der Waals surface area contributed by atoms with E-state index in [1.165, 1.54) is 0 Å². The molecule has 0 fully saturated rings. The third-order valence-corrected chi connectivity index (χ3v) is 6.08. The summed E-state index contributed by atoms with van der Waals surface area (Å²) in [4.78, 5) is 18.2. The van der Waals surface area contributed by atoms with Crippen LogP contribution in [0.15, 0.2) is 48.0 Å². The van der Waals surface area contributed by atoms with E-state index in [9.17, 15) is 4.79 Å². The highest BCUT2D eigenvalue weighted by molar-refractivity contribution is 7.10. The first kappa shape index (κ1) is 18.4. The van der Waals surface area contributed by atoms with Gasteiger partial charge in [0.1, 0.15) is 11.6 Å². The Labute approximate surface area is 176 Å². The second-order valence-electron chi connectivity index (χ2n) is 6.95. The number of anilines is 1. The molecule has 9 heteroatoms. The highest BCUT2D eigenvalue weighted by Crippen LogP contribution is 2.41. The van der Waals surface area contributed by atoms with E-state index < -0.39 is 0 Å². The maximum atomic E-state index is 12.5. The molecule has 150 valence electrons. The standard InChI is InChI=1S/C21H18N6O2S/c1-12-19-15(17-7-4-8-30-17)10-18(28)24-20(19)27(26-12)21-23-16(11-22-25-21)13-5-3-6-14(9-13)29-2/h3-9,11,15H,10H2,1-2H3,(H,24,28)/t15-/m0/s1. The van der Waals surface area contributed by atoms with Gasteiger partial charge in [-0.2, -0.15) is 14.9 Å². The van der Waals surface area contributed by atoms with Crippen LogP contribution >= 0.6 is 11.3 Å². The molecule has 0 radical (unpaired) electrons. The van der Waals surface area contributed by atoms with Gasteiger partial charge in [0.05, 0.1) is 24.7 Å². The minimum Gasteiger partial charge on any atom is -0.497 e. The van der Waals surface area contributed by atoms with Crippen molar-refractivity contribution in [3.05, 3.63) is 64.1 Å². The zero-order valence-corrected chi connectivity index (χ0v) is 17.2.